The van der Waals surface area contributed by atoms with Crippen molar-refractivity contribution in [3.05, 3.63) is 102 Å². The van der Waals surface area contributed by atoms with E-state index in [1.54, 1.807) is 24.3 Å². The summed E-state index contributed by atoms with van der Waals surface area (Å²) in [6.45, 7) is 2.53. The third-order valence-electron chi connectivity index (χ3n) is 5.54. The van der Waals surface area contributed by atoms with Gasteiger partial charge in [-0.1, -0.05) is 72.3 Å². The molecule has 1 N–H and O–H groups in total. The Morgan fingerprint density at radius 1 is 1.00 bits per heavy atom. The number of hydrogen-bond donors (Lipinski definition) is 1. The Morgan fingerprint density at radius 3 is 2.44 bits per heavy atom. The first kappa shape index (κ1) is 21.5. The van der Waals surface area contributed by atoms with Crippen molar-refractivity contribution in [2.45, 2.75) is 18.9 Å². The van der Waals surface area contributed by atoms with Crippen molar-refractivity contribution >= 4 is 23.5 Å². The normalized spacial score (nSPS) is 17.6. The highest BCUT2D eigenvalue weighted by Crippen LogP contribution is 2.42. The van der Waals surface area contributed by atoms with Crippen LogP contribution in [0.3, 0.4) is 0 Å². The van der Waals surface area contributed by atoms with Gasteiger partial charge >= 0.3 is 0 Å². The molecule has 0 saturated heterocycles. The van der Waals surface area contributed by atoms with Crippen LogP contribution in [0.15, 0.2) is 84.9 Å². The maximum Gasteiger partial charge on any atom is 0.264 e. The minimum absolute atomic E-state index is 0.264. The molecular weight excluding hydrogens is 402 g/mol. The zero-order chi connectivity index (χ0) is 22.6. The average Bonchev–Trinajstić information content (AvgIpc) is 3.01. The molecule has 1 unspecified atom stereocenters. The van der Waals surface area contributed by atoms with Crippen LogP contribution in [0.2, 0.25) is 0 Å². The van der Waals surface area contributed by atoms with Gasteiger partial charge in [-0.25, -0.2) is 0 Å². The molecule has 1 aliphatic rings. The van der Waals surface area contributed by atoms with Crippen molar-refractivity contribution in [2.75, 3.05) is 18.1 Å². The summed E-state index contributed by atoms with van der Waals surface area (Å²) in [6.07, 6.45) is 2.78. The van der Waals surface area contributed by atoms with Crippen LogP contribution in [0.25, 0.3) is 6.08 Å². The molecule has 0 aromatic heterocycles. The molecule has 32 heavy (non-hydrogen) atoms. The third kappa shape index (κ3) is 4.48. The van der Waals surface area contributed by atoms with Crippen LogP contribution in [0, 0.1) is 6.92 Å². The molecule has 1 amide bonds. The first-order chi connectivity index (χ1) is 15.5. The Labute approximate surface area is 187 Å². The Bertz CT molecular complexity index is 1140. The largest absolute Gasteiger partial charge is 0.492 e. The lowest BCUT2D eigenvalue weighted by molar-refractivity contribution is -0.140. The summed E-state index contributed by atoms with van der Waals surface area (Å²) in [5, 5.41) is 11.3. The number of anilines is 1. The molecule has 0 aliphatic carbocycles. The van der Waals surface area contributed by atoms with Crippen molar-refractivity contribution in [1.82, 2.24) is 0 Å². The first-order valence-corrected chi connectivity index (χ1v) is 10.6. The fourth-order valence-corrected chi connectivity index (χ4v) is 3.85. The van der Waals surface area contributed by atoms with E-state index >= 15 is 0 Å². The molecule has 162 valence electrons. The summed E-state index contributed by atoms with van der Waals surface area (Å²) in [5.41, 5.74) is 1.17. The number of ketones is 1. The summed E-state index contributed by atoms with van der Waals surface area (Å²) in [6, 6.07) is 24.1. The maximum atomic E-state index is 13.2. The van der Waals surface area contributed by atoms with Gasteiger partial charge in [0.25, 0.3) is 5.91 Å². The minimum Gasteiger partial charge on any atom is -0.492 e. The number of carbonyl (C=O) groups excluding carboxylic acids is 2. The number of nitrogens with zero attached hydrogens (tertiary/aromatic N) is 1. The van der Waals surface area contributed by atoms with Crippen LogP contribution in [0.1, 0.15) is 23.1 Å². The predicted molar refractivity (Wildman–Crippen MR) is 124 cm³/mol. The van der Waals surface area contributed by atoms with Gasteiger partial charge in [-0.05, 0) is 36.8 Å². The van der Waals surface area contributed by atoms with Gasteiger partial charge in [0.1, 0.15) is 12.4 Å². The van der Waals surface area contributed by atoms with E-state index in [-0.39, 0.29) is 25.4 Å². The smallest absolute Gasteiger partial charge is 0.264 e. The molecular formula is C27H25NO4. The van der Waals surface area contributed by atoms with Gasteiger partial charge in [0.05, 0.1) is 18.7 Å². The number of fused-ring (bicyclic) bond motifs is 1. The molecule has 1 atom stereocenters. The van der Waals surface area contributed by atoms with Crippen LogP contribution >= 0.6 is 0 Å². The molecule has 0 saturated carbocycles. The van der Waals surface area contributed by atoms with E-state index in [1.165, 1.54) is 11.0 Å². The Hall–Kier alpha value is -3.70. The molecule has 0 bridgehead atoms. The van der Waals surface area contributed by atoms with Crippen molar-refractivity contribution < 1.29 is 19.4 Å². The van der Waals surface area contributed by atoms with Crippen LogP contribution < -0.4 is 9.64 Å². The van der Waals surface area contributed by atoms with E-state index < -0.39 is 11.5 Å². The number of carbonyl (C=O) groups is 2. The van der Waals surface area contributed by atoms with Crippen LogP contribution in [-0.2, 0) is 15.2 Å². The van der Waals surface area contributed by atoms with Crippen LogP contribution in [-0.4, -0.2) is 29.9 Å². The van der Waals surface area contributed by atoms with Gasteiger partial charge < -0.3 is 14.7 Å². The topological polar surface area (TPSA) is 66.8 Å². The molecule has 4 rings (SSSR count). The van der Waals surface area contributed by atoms with E-state index in [1.807, 2.05) is 67.6 Å². The monoisotopic (exact) mass is 427 g/mol. The molecule has 3 aromatic rings. The van der Waals surface area contributed by atoms with E-state index in [0.717, 1.165) is 11.1 Å². The number of hydrogen-bond acceptors (Lipinski definition) is 4. The van der Waals surface area contributed by atoms with Crippen molar-refractivity contribution in [3.8, 4) is 5.75 Å². The zero-order valence-electron chi connectivity index (χ0n) is 17.9. The number of ether oxygens (including phenoxy) is 1. The van der Waals surface area contributed by atoms with Crippen molar-refractivity contribution in [2.24, 2.45) is 0 Å². The van der Waals surface area contributed by atoms with E-state index in [2.05, 4.69) is 0 Å². The molecule has 3 aromatic carbocycles. The van der Waals surface area contributed by atoms with Crippen molar-refractivity contribution in [1.29, 1.82) is 0 Å². The maximum absolute atomic E-state index is 13.2. The third-order valence-corrected chi connectivity index (χ3v) is 5.54. The lowest BCUT2D eigenvalue weighted by Gasteiger charge is -2.22. The Balaban J connectivity index is 1.48. The molecule has 1 aliphatic heterocycles. The van der Waals surface area contributed by atoms with Gasteiger partial charge in [0.2, 0.25) is 0 Å². The Morgan fingerprint density at radius 2 is 1.69 bits per heavy atom. The van der Waals surface area contributed by atoms with Crippen LogP contribution in [0.5, 0.6) is 5.75 Å². The molecule has 5 heteroatoms. The standard InChI is InChI=1S/C27H25NO4/c1-20-11-15-23(16-12-20)32-18-17-28-25-10-6-5-9-24(25)27(31,26(28)30)19-22(29)14-13-21-7-3-2-4-8-21/h2-16,31H,17-19H2,1H3/b14-13+. The number of aryl methyl sites for hydroxylation is 1. The van der Waals surface area contributed by atoms with Gasteiger partial charge in [-0.2, -0.15) is 0 Å². The SMILES string of the molecule is Cc1ccc(OCCN2C(=O)C(O)(CC(=O)/C=C/c3ccccc3)c3ccccc32)cc1. The highest BCUT2D eigenvalue weighted by molar-refractivity contribution is 6.10. The molecule has 0 radical (unpaired) electrons. The number of rotatable bonds is 8. The molecule has 1 heterocycles. The summed E-state index contributed by atoms with van der Waals surface area (Å²) in [5.74, 6) is -0.114. The van der Waals surface area contributed by atoms with E-state index in [0.29, 0.717) is 17.0 Å². The summed E-state index contributed by atoms with van der Waals surface area (Å²) < 4.78 is 5.77. The summed E-state index contributed by atoms with van der Waals surface area (Å²) in [7, 11) is 0. The molecule has 0 spiro atoms. The fourth-order valence-electron chi connectivity index (χ4n) is 3.85. The second-order valence-corrected chi connectivity index (χ2v) is 7.88. The average molecular weight is 428 g/mol. The highest BCUT2D eigenvalue weighted by atomic mass is 16.5. The molecule has 5 nitrogen and oxygen atoms in total. The highest BCUT2D eigenvalue weighted by Gasteiger charge is 2.50. The lowest BCUT2D eigenvalue weighted by Crippen LogP contribution is -2.43. The number of amides is 1. The van der Waals surface area contributed by atoms with Crippen molar-refractivity contribution in [3.63, 3.8) is 0 Å². The number of benzene rings is 3. The zero-order valence-corrected chi connectivity index (χ0v) is 17.9. The second-order valence-electron chi connectivity index (χ2n) is 7.88. The van der Waals surface area contributed by atoms with Gasteiger partial charge in [-0.15, -0.1) is 0 Å². The first-order valence-electron chi connectivity index (χ1n) is 10.6. The summed E-state index contributed by atoms with van der Waals surface area (Å²) in [4.78, 5) is 27.3. The minimum atomic E-state index is -1.89. The van der Waals surface area contributed by atoms with Crippen LogP contribution in [0.4, 0.5) is 5.69 Å². The number of allylic oxidation sites excluding steroid dienone is 1. The predicted octanol–water partition coefficient (Wildman–Crippen LogP) is 4.28. The molecule has 0 fully saturated rings. The lowest BCUT2D eigenvalue weighted by atomic mass is 9.90. The van der Waals surface area contributed by atoms with Gasteiger partial charge in [-0.3, -0.25) is 9.59 Å². The van der Waals surface area contributed by atoms with Gasteiger partial charge in [0, 0.05) is 5.56 Å². The van der Waals surface area contributed by atoms with Gasteiger partial charge in [0.15, 0.2) is 11.4 Å². The number of aliphatic hydroxyl groups is 1. The second kappa shape index (κ2) is 9.20. The number of para-hydroxylation sites is 1. The fraction of sp³-hybridized carbons (Fsp3) is 0.185. The quantitative estimate of drug-likeness (QED) is 0.545. The Kier molecular flexibility index (Phi) is 6.19. The van der Waals surface area contributed by atoms with E-state index in [9.17, 15) is 14.7 Å². The summed E-state index contributed by atoms with van der Waals surface area (Å²) >= 11 is 0. The van der Waals surface area contributed by atoms with E-state index in [4.69, 9.17) is 4.74 Å².